The topological polar surface area (TPSA) is 49.4 Å². The van der Waals surface area contributed by atoms with Gasteiger partial charge in [-0.05, 0) is 33.1 Å². The number of rotatable bonds is 5. The van der Waals surface area contributed by atoms with E-state index < -0.39 is 10.2 Å². The van der Waals surface area contributed by atoms with Gasteiger partial charge in [0.05, 0.1) is 0 Å². The van der Waals surface area contributed by atoms with E-state index in [1.807, 2.05) is 13.8 Å². The second-order valence-electron chi connectivity index (χ2n) is 4.48. The minimum absolute atomic E-state index is 0.0186. The summed E-state index contributed by atoms with van der Waals surface area (Å²) in [6.45, 7) is 3.72. The van der Waals surface area contributed by atoms with Crippen LogP contribution in [0.1, 0.15) is 33.1 Å². The Kier molecular flexibility index (Phi) is 4.20. The molecule has 6 heteroatoms. The highest BCUT2D eigenvalue weighted by atomic mass is 79.9. The average molecular weight is 299 g/mol. The van der Waals surface area contributed by atoms with E-state index in [0.717, 1.165) is 19.3 Å². The highest BCUT2D eigenvalue weighted by Gasteiger charge is 2.40. The van der Waals surface area contributed by atoms with Crippen LogP contribution in [0.2, 0.25) is 0 Å². The molecule has 1 fully saturated rings. The lowest BCUT2D eigenvalue weighted by Gasteiger charge is -2.42. The fourth-order valence-corrected chi connectivity index (χ4v) is 3.90. The molecule has 1 rings (SSSR count). The van der Waals surface area contributed by atoms with Crippen LogP contribution >= 0.6 is 15.9 Å². The lowest BCUT2D eigenvalue weighted by molar-refractivity contribution is 0.247. The molecule has 1 aliphatic carbocycles. The van der Waals surface area contributed by atoms with Crippen LogP contribution < -0.4 is 4.72 Å². The predicted molar refractivity (Wildman–Crippen MR) is 65.3 cm³/mol. The third kappa shape index (κ3) is 2.93. The molecule has 1 aliphatic rings. The van der Waals surface area contributed by atoms with Crippen LogP contribution in [0.4, 0.5) is 0 Å². The summed E-state index contributed by atoms with van der Waals surface area (Å²) in [5.41, 5.74) is -0.248. The van der Waals surface area contributed by atoms with E-state index in [-0.39, 0.29) is 11.6 Å². The highest BCUT2D eigenvalue weighted by molar-refractivity contribution is 9.09. The Bertz CT molecular complexity index is 307. The SMILES string of the molecule is CC(C)N(C)S(=O)(=O)NC1(CBr)CCC1. The van der Waals surface area contributed by atoms with Crippen LogP contribution in [0.3, 0.4) is 0 Å². The molecule has 0 atom stereocenters. The third-order valence-electron chi connectivity index (χ3n) is 3.02. The van der Waals surface area contributed by atoms with Crippen LogP contribution in [-0.2, 0) is 10.2 Å². The monoisotopic (exact) mass is 298 g/mol. The van der Waals surface area contributed by atoms with E-state index >= 15 is 0 Å². The molecule has 0 aliphatic heterocycles. The molecule has 0 bridgehead atoms. The van der Waals surface area contributed by atoms with Gasteiger partial charge in [0.2, 0.25) is 0 Å². The minimum Gasteiger partial charge on any atom is -0.195 e. The van der Waals surface area contributed by atoms with Gasteiger partial charge in [0.25, 0.3) is 10.2 Å². The Morgan fingerprint density at radius 3 is 2.27 bits per heavy atom. The third-order valence-corrected chi connectivity index (χ3v) is 5.96. The molecule has 90 valence electrons. The summed E-state index contributed by atoms with van der Waals surface area (Å²) in [4.78, 5) is 0. The van der Waals surface area contributed by atoms with Crippen molar-refractivity contribution in [2.75, 3.05) is 12.4 Å². The number of alkyl halides is 1. The average Bonchev–Trinajstić information content (AvgIpc) is 2.10. The molecule has 0 aromatic carbocycles. The van der Waals surface area contributed by atoms with Crippen molar-refractivity contribution >= 4 is 26.1 Å². The van der Waals surface area contributed by atoms with Crippen LogP contribution in [0.5, 0.6) is 0 Å². The summed E-state index contributed by atoms with van der Waals surface area (Å²) in [6, 6.07) is -0.0186. The van der Waals surface area contributed by atoms with Crippen molar-refractivity contribution in [2.45, 2.75) is 44.7 Å². The van der Waals surface area contributed by atoms with E-state index in [9.17, 15) is 8.42 Å². The summed E-state index contributed by atoms with van der Waals surface area (Å²) in [7, 11) is -1.73. The van der Waals surface area contributed by atoms with Gasteiger partial charge < -0.3 is 0 Å². The zero-order valence-corrected chi connectivity index (χ0v) is 11.9. The quantitative estimate of drug-likeness (QED) is 0.782. The van der Waals surface area contributed by atoms with Crippen LogP contribution in [0.15, 0.2) is 0 Å². The van der Waals surface area contributed by atoms with E-state index in [1.165, 1.54) is 4.31 Å². The Morgan fingerprint density at radius 2 is 2.00 bits per heavy atom. The van der Waals surface area contributed by atoms with Crippen molar-refractivity contribution in [1.29, 1.82) is 0 Å². The summed E-state index contributed by atoms with van der Waals surface area (Å²) >= 11 is 3.38. The first kappa shape index (κ1) is 13.4. The molecule has 15 heavy (non-hydrogen) atoms. The van der Waals surface area contributed by atoms with Gasteiger partial charge >= 0.3 is 0 Å². The number of nitrogens with zero attached hydrogens (tertiary/aromatic N) is 1. The van der Waals surface area contributed by atoms with Gasteiger partial charge in [0, 0.05) is 24.0 Å². The molecule has 0 spiro atoms. The molecule has 0 amide bonds. The zero-order chi connectivity index (χ0) is 11.7. The van der Waals surface area contributed by atoms with E-state index in [4.69, 9.17) is 0 Å². The molecular weight excluding hydrogens is 280 g/mol. The molecule has 0 radical (unpaired) electrons. The van der Waals surface area contributed by atoms with E-state index in [1.54, 1.807) is 7.05 Å². The fraction of sp³-hybridized carbons (Fsp3) is 1.00. The number of hydrogen-bond donors (Lipinski definition) is 1. The van der Waals surface area contributed by atoms with Crippen molar-refractivity contribution in [2.24, 2.45) is 0 Å². The van der Waals surface area contributed by atoms with Crippen LogP contribution in [0.25, 0.3) is 0 Å². The van der Waals surface area contributed by atoms with Gasteiger partial charge in [0.1, 0.15) is 0 Å². The van der Waals surface area contributed by atoms with E-state index in [0.29, 0.717) is 5.33 Å². The van der Waals surface area contributed by atoms with Crippen molar-refractivity contribution in [3.63, 3.8) is 0 Å². The van der Waals surface area contributed by atoms with Crippen molar-refractivity contribution in [3.05, 3.63) is 0 Å². The van der Waals surface area contributed by atoms with Gasteiger partial charge in [-0.3, -0.25) is 0 Å². The Labute approximate surface area is 101 Å². The summed E-state index contributed by atoms with van der Waals surface area (Å²) < 4.78 is 28.0. The smallest absolute Gasteiger partial charge is 0.195 e. The number of nitrogens with one attached hydrogen (secondary N) is 1. The van der Waals surface area contributed by atoms with Gasteiger partial charge in [0.15, 0.2) is 0 Å². The Morgan fingerprint density at radius 1 is 1.47 bits per heavy atom. The second-order valence-corrected chi connectivity index (χ2v) is 6.78. The lowest BCUT2D eigenvalue weighted by atomic mass is 9.80. The first-order chi connectivity index (χ1) is 6.83. The molecule has 0 heterocycles. The van der Waals surface area contributed by atoms with Crippen molar-refractivity contribution in [1.82, 2.24) is 9.03 Å². The molecule has 0 aromatic heterocycles. The second kappa shape index (κ2) is 4.69. The first-order valence-corrected chi connectivity index (χ1v) is 7.72. The van der Waals surface area contributed by atoms with Crippen molar-refractivity contribution in [3.8, 4) is 0 Å². The summed E-state index contributed by atoms with van der Waals surface area (Å²) in [5.74, 6) is 0. The number of halogens is 1. The highest BCUT2D eigenvalue weighted by Crippen LogP contribution is 2.34. The minimum atomic E-state index is -3.34. The molecular formula is C9H19BrN2O2S. The fourth-order valence-electron chi connectivity index (χ4n) is 1.49. The Balaban J connectivity index is 2.71. The van der Waals surface area contributed by atoms with Gasteiger partial charge in [-0.2, -0.15) is 17.4 Å². The Hall–Kier alpha value is 0.350. The lowest BCUT2D eigenvalue weighted by Crippen LogP contribution is -2.58. The standard InChI is InChI=1S/C9H19BrN2O2S/c1-8(2)12(3)15(13,14)11-9(7-10)5-4-6-9/h8,11H,4-7H2,1-3H3. The molecule has 4 nitrogen and oxygen atoms in total. The normalized spacial score (nSPS) is 20.7. The van der Waals surface area contributed by atoms with Gasteiger partial charge in [-0.15, -0.1) is 0 Å². The van der Waals surface area contributed by atoms with Crippen LogP contribution in [-0.4, -0.2) is 36.7 Å². The molecule has 0 unspecified atom stereocenters. The van der Waals surface area contributed by atoms with Gasteiger partial charge in [-0.25, -0.2) is 0 Å². The van der Waals surface area contributed by atoms with Gasteiger partial charge in [-0.1, -0.05) is 15.9 Å². The maximum atomic E-state index is 11.9. The summed E-state index contributed by atoms with van der Waals surface area (Å²) in [5, 5.41) is 0.686. The summed E-state index contributed by atoms with van der Waals surface area (Å²) in [6.07, 6.45) is 2.94. The molecule has 0 saturated heterocycles. The first-order valence-electron chi connectivity index (χ1n) is 5.16. The largest absolute Gasteiger partial charge is 0.279 e. The van der Waals surface area contributed by atoms with Crippen molar-refractivity contribution < 1.29 is 8.42 Å². The molecule has 1 N–H and O–H groups in total. The maximum Gasteiger partial charge on any atom is 0.279 e. The van der Waals surface area contributed by atoms with Crippen LogP contribution in [0, 0.1) is 0 Å². The zero-order valence-electron chi connectivity index (χ0n) is 9.46. The predicted octanol–water partition coefficient (Wildman–Crippen LogP) is 1.48. The van der Waals surface area contributed by atoms with E-state index in [2.05, 4.69) is 20.7 Å². The molecule has 1 saturated carbocycles. The maximum absolute atomic E-state index is 11.9. The number of hydrogen-bond acceptors (Lipinski definition) is 2. The molecule has 0 aromatic rings.